The lowest BCUT2D eigenvalue weighted by Crippen LogP contribution is -2.36. The molecular weight excluding hydrogens is 406 g/mol. The minimum absolute atomic E-state index is 0.0222. The van der Waals surface area contributed by atoms with Crippen LogP contribution >= 0.6 is 0 Å². The van der Waals surface area contributed by atoms with E-state index in [4.69, 9.17) is 4.74 Å². The van der Waals surface area contributed by atoms with Crippen LogP contribution in [0.15, 0.2) is 84.9 Å². The van der Waals surface area contributed by atoms with Crippen molar-refractivity contribution in [2.24, 2.45) is 0 Å². The van der Waals surface area contributed by atoms with Gasteiger partial charge in [-0.15, -0.1) is 5.10 Å². The molecule has 2 N–H and O–H groups in total. The second-order valence-corrected chi connectivity index (χ2v) is 7.27. The molecule has 0 spiro atoms. The smallest absolute Gasteiger partial charge is 0.249 e. The van der Waals surface area contributed by atoms with E-state index in [9.17, 15) is 9.59 Å². The average molecular weight is 425 g/mol. The lowest BCUT2D eigenvalue weighted by molar-refractivity contribution is -0.125. The van der Waals surface area contributed by atoms with Gasteiger partial charge in [0, 0.05) is 11.3 Å². The van der Waals surface area contributed by atoms with E-state index >= 15 is 0 Å². The second-order valence-electron chi connectivity index (χ2n) is 7.27. The second kappa shape index (κ2) is 8.35. The van der Waals surface area contributed by atoms with E-state index in [-0.39, 0.29) is 24.2 Å². The number of ether oxygens (including phenoxy) is 1. The van der Waals surface area contributed by atoms with Crippen LogP contribution in [0.1, 0.15) is 12.5 Å². The standard InChI is InChI=1S/C24H19N5O3/c30-21-15-20(29-24(26-21)27-22(28-29)16-7-3-1-4-8-16)23(31)25-17-11-13-19(14-12-17)32-18-9-5-2-6-10-18/h1-14,20H,15H2,(H,25,31)(H,26,27,28,30)/t20-/m1/s1. The Morgan fingerprint density at radius 3 is 2.31 bits per heavy atom. The summed E-state index contributed by atoms with van der Waals surface area (Å²) in [7, 11) is 0. The van der Waals surface area contributed by atoms with E-state index in [0.717, 1.165) is 11.3 Å². The third-order valence-electron chi connectivity index (χ3n) is 4.99. The Balaban J connectivity index is 1.33. The Kier molecular flexibility index (Phi) is 5.09. The fourth-order valence-electron chi connectivity index (χ4n) is 3.43. The molecule has 3 aromatic carbocycles. The highest BCUT2D eigenvalue weighted by molar-refractivity contribution is 6.00. The number of nitrogens with zero attached hydrogens (tertiary/aromatic N) is 3. The van der Waals surface area contributed by atoms with Gasteiger partial charge in [-0.3, -0.25) is 14.9 Å². The lowest BCUT2D eigenvalue weighted by Gasteiger charge is -2.22. The molecule has 5 rings (SSSR count). The number of hydrogen-bond acceptors (Lipinski definition) is 5. The highest BCUT2D eigenvalue weighted by atomic mass is 16.5. The number of benzene rings is 3. The van der Waals surface area contributed by atoms with Crippen LogP contribution in [-0.2, 0) is 9.59 Å². The number of aromatic nitrogens is 3. The summed E-state index contributed by atoms with van der Waals surface area (Å²) in [5.41, 5.74) is 1.39. The van der Waals surface area contributed by atoms with Crippen molar-refractivity contribution in [3.8, 4) is 22.9 Å². The van der Waals surface area contributed by atoms with Crippen LogP contribution in [-0.4, -0.2) is 26.6 Å². The SMILES string of the molecule is O=C1C[C@H](C(=O)Nc2ccc(Oc3ccccc3)cc2)n2nc(-c3ccccc3)nc2N1. The van der Waals surface area contributed by atoms with Crippen LogP contribution in [0.2, 0.25) is 0 Å². The molecule has 0 bridgehead atoms. The fraction of sp³-hybridized carbons (Fsp3) is 0.0833. The van der Waals surface area contributed by atoms with Crippen LogP contribution in [0, 0.1) is 0 Å². The van der Waals surface area contributed by atoms with Crippen molar-refractivity contribution in [3.63, 3.8) is 0 Å². The van der Waals surface area contributed by atoms with Gasteiger partial charge in [-0.1, -0.05) is 48.5 Å². The molecule has 1 aliphatic heterocycles. The van der Waals surface area contributed by atoms with E-state index in [1.807, 2.05) is 60.7 Å². The van der Waals surface area contributed by atoms with Gasteiger partial charge in [0.25, 0.3) is 0 Å². The Morgan fingerprint density at radius 2 is 1.59 bits per heavy atom. The Hall–Kier alpha value is -4.46. The number of fused-ring (bicyclic) bond motifs is 1. The number of rotatable bonds is 5. The molecule has 0 aliphatic carbocycles. The average Bonchev–Trinajstić information content (AvgIpc) is 3.25. The summed E-state index contributed by atoms with van der Waals surface area (Å²) >= 11 is 0. The predicted octanol–water partition coefficient (Wildman–Crippen LogP) is 4.26. The zero-order valence-corrected chi connectivity index (χ0v) is 16.9. The van der Waals surface area contributed by atoms with Gasteiger partial charge in [0.1, 0.15) is 17.5 Å². The summed E-state index contributed by atoms with van der Waals surface area (Å²) in [6.07, 6.45) is -0.0222. The first-order valence-corrected chi connectivity index (χ1v) is 10.1. The molecule has 0 radical (unpaired) electrons. The quantitative estimate of drug-likeness (QED) is 0.498. The largest absolute Gasteiger partial charge is 0.457 e. The van der Waals surface area contributed by atoms with Gasteiger partial charge in [0.05, 0.1) is 6.42 Å². The van der Waals surface area contributed by atoms with Crippen molar-refractivity contribution >= 4 is 23.5 Å². The molecule has 8 heteroatoms. The van der Waals surface area contributed by atoms with Gasteiger partial charge in [0.2, 0.25) is 17.8 Å². The molecule has 158 valence electrons. The number of para-hydroxylation sites is 1. The molecule has 4 aromatic rings. The minimum atomic E-state index is -0.802. The summed E-state index contributed by atoms with van der Waals surface area (Å²) in [6.45, 7) is 0. The first-order chi connectivity index (χ1) is 15.7. The lowest BCUT2D eigenvalue weighted by atomic mass is 10.1. The molecule has 8 nitrogen and oxygen atoms in total. The molecule has 0 saturated heterocycles. The molecule has 1 aliphatic rings. The molecule has 2 amide bonds. The molecule has 0 fully saturated rings. The maximum Gasteiger partial charge on any atom is 0.249 e. The maximum absolute atomic E-state index is 13.0. The number of hydrogen-bond donors (Lipinski definition) is 2. The van der Waals surface area contributed by atoms with Crippen LogP contribution in [0.25, 0.3) is 11.4 Å². The zero-order chi connectivity index (χ0) is 21.9. The predicted molar refractivity (Wildman–Crippen MR) is 119 cm³/mol. The van der Waals surface area contributed by atoms with Gasteiger partial charge >= 0.3 is 0 Å². The number of amides is 2. The number of carbonyl (C=O) groups excluding carboxylic acids is 2. The van der Waals surface area contributed by atoms with Crippen LogP contribution in [0.4, 0.5) is 11.6 Å². The monoisotopic (exact) mass is 425 g/mol. The molecule has 32 heavy (non-hydrogen) atoms. The third-order valence-corrected chi connectivity index (χ3v) is 4.99. The van der Waals surface area contributed by atoms with Crippen molar-refractivity contribution in [2.45, 2.75) is 12.5 Å². The Labute approximate surface area is 183 Å². The van der Waals surface area contributed by atoms with Gasteiger partial charge in [0.15, 0.2) is 5.82 Å². The molecule has 2 heterocycles. The Bertz CT molecular complexity index is 1250. The summed E-state index contributed by atoms with van der Waals surface area (Å²) in [5, 5.41) is 10.0. The number of nitrogens with one attached hydrogen (secondary N) is 2. The van der Waals surface area contributed by atoms with E-state index < -0.39 is 6.04 Å². The number of carbonyl (C=O) groups is 2. The summed E-state index contributed by atoms with van der Waals surface area (Å²) < 4.78 is 7.24. The van der Waals surface area contributed by atoms with Gasteiger partial charge in [-0.25, -0.2) is 4.68 Å². The number of anilines is 2. The van der Waals surface area contributed by atoms with Crippen molar-refractivity contribution in [1.82, 2.24) is 14.8 Å². The van der Waals surface area contributed by atoms with Crippen molar-refractivity contribution in [3.05, 3.63) is 84.9 Å². The van der Waals surface area contributed by atoms with Crippen molar-refractivity contribution in [1.29, 1.82) is 0 Å². The maximum atomic E-state index is 13.0. The van der Waals surface area contributed by atoms with Gasteiger partial charge < -0.3 is 10.1 Å². The fourth-order valence-corrected chi connectivity index (χ4v) is 3.43. The summed E-state index contributed by atoms with van der Waals surface area (Å²) in [5.74, 6) is 1.45. The van der Waals surface area contributed by atoms with Crippen molar-refractivity contribution in [2.75, 3.05) is 10.6 Å². The van der Waals surface area contributed by atoms with Gasteiger partial charge in [-0.2, -0.15) is 4.98 Å². The zero-order valence-electron chi connectivity index (χ0n) is 16.9. The first-order valence-electron chi connectivity index (χ1n) is 10.1. The van der Waals surface area contributed by atoms with Crippen molar-refractivity contribution < 1.29 is 14.3 Å². The highest BCUT2D eigenvalue weighted by Crippen LogP contribution is 2.28. The van der Waals surface area contributed by atoms with Crippen LogP contribution in [0.3, 0.4) is 0 Å². The molecular formula is C24H19N5O3. The molecule has 0 unspecified atom stereocenters. The minimum Gasteiger partial charge on any atom is -0.457 e. The van der Waals surface area contributed by atoms with E-state index in [0.29, 0.717) is 17.3 Å². The van der Waals surface area contributed by atoms with Crippen LogP contribution < -0.4 is 15.4 Å². The molecule has 1 atom stereocenters. The van der Waals surface area contributed by atoms with E-state index in [1.54, 1.807) is 24.3 Å². The molecule has 1 aromatic heterocycles. The molecule has 0 saturated carbocycles. The van der Waals surface area contributed by atoms with E-state index in [1.165, 1.54) is 4.68 Å². The van der Waals surface area contributed by atoms with Gasteiger partial charge in [-0.05, 0) is 36.4 Å². The van der Waals surface area contributed by atoms with Crippen LogP contribution in [0.5, 0.6) is 11.5 Å². The first kappa shape index (κ1) is 19.5. The highest BCUT2D eigenvalue weighted by Gasteiger charge is 2.33. The normalized spacial score (nSPS) is 14.9. The topological polar surface area (TPSA) is 98.1 Å². The van der Waals surface area contributed by atoms with E-state index in [2.05, 4.69) is 20.7 Å². The summed E-state index contributed by atoms with van der Waals surface area (Å²) in [6, 6.07) is 25.1. The third kappa shape index (κ3) is 4.06. The summed E-state index contributed by atoms with van der Waals surface area (Å²) in [4.78, 5) is 29.5. The Morgan fingerprint density at radius 1 is 0.938 bits per heavy atom.